The van der Waals surface area contributed by atoms with Crippen molar-refractivity contribution in [1.29, 1.82) is 0 Å². The highest BCUT2D eigenvalue weighted by atomic mass is 19.4. The number of fused-ring (bicyclic) bond motifs is 1. The topological polar surface area (TPSA) is 48.0 Å². The Morgan fingerprint density at radius 1 is 1.20 bits per heavy atom. The summed E-state index contributed by atoms with van der Waals surface area (Å²) in [5.41, 5.74) is 0.650. The fourth-order valence-electron chi connectivity index (χ4n) is 2.86. The van der Waals surface area contributed by atoms with Crippen molar-refractivity contribution in [2.45, 2.75) is 25.1 Å². The lowest BCUT2D eigenvalue weighted by molar-refractivity contribution is -0.165. The summed E-state index contributed by atoms with van der Waals surface area (Å²) in [5.74, 6) is 0.484. The molecule has 1 fully saturated rings. The average Bonchev–Trinajstić information content (AvgIpc) is 3.05. The van der Waals surface area contributed by atoms with Gasteiger partial charge in [0, 0.05) is 25.3 Å². The molecule has 0 radical (unpaired) electrons. The van der Waals surface area contributed by atoms with Crippen molar-refractivity contribution in [2.75, 3.05) is 26.6 Å². The van der Waals surface area contributed by atoms with Gasteiger partial charge in [0.1, 0.15) is 6.54 Å². The second-order valence-corrected chi connectivity index (χ2v) is 5.87. The summed E-state index contributed by atoms with van der Waals surface area (Å²) in [6, 6.07) is 4.61. The standard InChI is InChI=1S/C17H18F3NO4/c18-17(19,20)10-21(13-5-7-23-8-6-13)16(22)4-2-12-1-3-14-15(9-12)25-11-24-14/h1-4,9,13H,5-8,10-11H2/b4-2+. The Morgan fingerprint density at radius 3 is 2.64 bits per heavy atom. The van der Waals surface area contributed by atoms with Crippen LogP contribution < -0.4 is 9.47 Å². The maximum atomic E-state index is 12.9. The molecule has 3 rings (SSSR count). The maximum Gasteiger partial charge on any atom is 0.406 e. The smallest absolute Gasteiger partial charge is 0.406 e. The predicted octanol–water partition coefficient (Wildman–Crippen LogP) is 3.00. The molecule has 8 heteroatoms. The molecule has 136 valence electrons. The fourth-order valence-corrected chi connectivity index (χ4v) is 2.86. The zero-order valence-electron chi connectivity index (χ0n) is 13.4. The van der Waals surface area contributed by atoms with Crippen LogP contribution in [0.1, 0.15) is 18.4 Å². The van der Waals surface area contributed by atoms with E-state index in [0.717, 1.165) is 4.90 Å². The molecule has 2 aliphatic rings. The Hall–Kier alpha value is -2.22. The molecule has 2 heterocycles. The minimum Gasteiger partial charge on any atom is -0.454 e. The van der Waals surface area contributed by atoms with Gasteiger partial charge in [0.15, 0.2) is 11.5 Å². The molecule has 0 unspecified atom stereocenters. The van der Waals surface area contributed by atoms with Gasteiger partial charge in [-0.15, -0.1) is 0 Å². The van der Waals surface area contributed by atoms with Gasteiger partial charge in [0.2, 0.25) is 12.7 Å². The lowest BCUT2D eigenvalue weighted by atomic mass is 10.1. The van der Waals surface area contributed by atoms with E-state index in [0.29, 0.717) is 43.1 Å². The maximum absolute atomic E-state index is 12.9. The summed E-state index contributed by atoms with van der Waals surface area (Å²) in [7, 11) is 0. The highest BCUT2D eigenvalue weighted by Gasteiger charge is 2.36. The van der Waals surface area contributed by atoms with Crippen molar-refractivity contribution in [3.8, 4) is 11.5 Å². The van der Waals surface area contributed by atoms with Crippen molar-refractivity contribution in [3.05, 3.63) is 29.8 Å². The van der Waals surface area contributed by atoms with Crippen LogP contribution in [0.4, 0.5) is 13.2 Å². The number of ether oxygens (including phenoxy) is 3. The summed E-state index contributed by atoms with van der Waals surface area (Å²) in [6.45, 7) is -0.414. The Morgan fingerprint density at radius 2 is 1.92 bits per heavy atom. The molecule has 1 aromatic carbocycles. The van der Waals surface area contributed by atoms with Crippen molar-refractivity contribution in [1.82, 2.24) is 4.90 Å². The lowest BCUT2D eigenvalue weighted by Gasteiger charge is -2.34. The molecule has 1 saturated heterocycles. The molecule has 0 atom stereocenters. The molecule has 0 N–H and O–H groups in total. The normalized spacial score (nSPS) is 17.9. The largest absolute Gasteiger partial charge is 0.454 e. The van der Waals surface area contributed by atoms with Crippen molar-refractivity contribution in [2.24, 2.45) is 0 Å². The number of halogens is 3. The summed E-state index contributed by atoms with van der Waals surface area (Å²) >= 11 is 0. The number of alkyl halides is 3. The first-order valence-corrected chi connectivity index (χ1v) is 7.95. The molecule has 5 nitrogen and oxygen atoms in total. The van der Waals surface area contributed by atoms with Gasteiger partial charge in [-0.1, -0.05) is 6.07 Å². The van der Waals surface area contributed by atoms with Gasteiger partial charge in [0.05, 0.1) is 0 Å². The third-order valence-corrected chi connectivity index (χ3v) is 4.08. The number of amides is 1. The molecule has 1 amide bonds. The monoisotopic (exact) mass is 357 g/mol. The Kier molecular flexibility index (Phi) is 5.17. The summed E-state index contributed by atoms with van der Waals surface area (Å²) in [6.07, 6.45) is -0.994. The van der Waals surface area contributed by atoms with Crippen molar-refractivity contribution in [3.63, 3.8) is 0 Å². The third-order valence-electron chi connectivity index (χ3n) is 4.08. The molecular weight excluding hydrogens is 339 g/mol. The third kappa shape index (κ3) is 4.66. The number of rotatable bonds is 4. The lowest BCUT2D eigenvalue weighted by Crippen LogP contribution is -2.47. The van der Waals surface area contributed by atoms with Crippen molar-refractivity contribution >= 4 is 12.0 Å². The number of carbonyl (C=O) groups excluding carboxylic acids is 1. The zero-order chi connectivity index (χ0) is 17.9. The fraction of sp³-hybridized carbons (Fsp3) is 0.471. The van der Waals surface area contributed by atoms with Crippen LogP contribution in [0.2, 0.25) is 0 Å². The van der Waals surface area contributed by atoms with E-state index in [-0.39, 0.29) is 6.79 Å². The van der Waals surface area contributed by atoms with E-state index < -0.39 is 24.7 Å². The molecule has 0 saturated carbocycles. The Balaban J connectivity index is 1.72. The molecule has 1 aromatic rings. The molecule has 0 aromatic heterocycles. The van der Waals surface area contributed by atoms with Crippen LogP contribution in [0.5, 0.6) is 11.5 Å². The number of benzene rings is 1. The Bertz CT molecular complexity index is 654. The van der Waals surface area contributed by atoms with Crippen LogP contribution in [-0.4, -0.2) is 49.6 Å². The van der Waals surface area contributed by atoms with Crippen LogP contribution in [0.15, 0.2) is 24.3 Å². The minimum absolute atomic E-state index is 0.130. The van der Waals surface area contributed by atoms with E-state index >= 15 is 0 Å². The van der Waals surface area contributed by atoms with Gasteiger partial charge in [-0.05, 0) is 36.6 Å². The highest BCUT2D eigenvalue weighted by Crippen LogP contribution is 2.33. The SMILES string of the molecule is O=C(/C=C/c1ccc2c(c1)OCO2)N(CC(F)(F)F)C1CCOCC1. The first kappa shape index (κ1) is 17.6. The Labute approximate surface area is 143 Å². The number of carbonyl (C=O) groups is 1. The molecule has 25 heavy (non-hydrogen) atoms. The van der Waals surface area contributed by atoms with Crippen LogP contribution in [0.25, 0.3) is 6.08 Å². The second-order valence-electron chi connectivity index (χ2n) is 5.87. The number of nitrogens with zero attached hydrogens (tertiary/aromatic N) is 1. The van der Waals surface area contributed by atoms with Gasteiger partial charge in [-0.3, -0.25) is 4.79 Å². The molecule has 0 bridgehead atoms. The first-order valence-electron chi connectivity index (χ1n) is 7.95. The predicted molar refractivity (Wildman–Crippen MR) is 83.2 cm³/mol. The van der Waals surface area contributed by atoms with Gasteiger partial charge >= 0.3 is 6.18 Å². The molecule has 0 spiro atoms. The molecular formula is C17H18F3NO4. The van der Waals surface area contributed by atoms with Gasteiger partial charge in [-0.25, -0.2) is 0 Å². The van der Waals surface area contributed by atoms with Crippen LogP contribution in [0.3, 0.4) is 0 Å². The van der Waals surface area contributed by atoms with E-state index in [1.165, 1.54) is 12.2 Å². The minimum atomic E-state index is -4.44. The quantitative estimate of drug-likeness (QED) is 0.778. The van der Waals surface area contributed by atoms with Crippen LogP contribution >= 0.6 is 0 Å². The summed E-state index contributed by atoms with van der Waals surface area (Å²) in [4.78, 5) is 13.3. The van der Waals surface area contributed by atoms with Crippen molar-refractivity contribution < 1.29 is 32.2 Å². The zero-order valence-corrected chi connectivity index (χ0v) is 13.4. The molecule has 0 aliphatic carbocycles. The average molecular weight is 357 g/mol. The summed E-state index contributed by atoms with van der Waals surface area (Å²) < 4.78 is 54.2. The van der Waals surface area contributed by atoms with Crippen LogP contribution in [0, 0.1) is 0 Å². The van der Waals surface area contributed by atoms with E-state index in [2.05, 4.69) is 0 Å². The van der Waals surface area contributed by atoms with Crippen LogP contribution in [-0.2, 0) is 9.53 Å². The van der Waals surface area contributed by atoms with E-state index in [1.807, 2.05) is 0 Å². The van der Waals surface area contributed by atoms with E-state index in [1.54, 1.807) is 18.2 Å². The highest BCUT2D eigenvalue weighted by molar-refractivity contribution is 5.92. The second kappa shape index (κ2) is 7.35. The first-order chi connectivity index (χ1) is 11.9. The van der Waals surface area contributed by atoms with E-state index in [4.69, 9.17) is 14.2 Å². The van der Waals surface area contributed by atoms with Gasteiger partial charge < -0.3 is 19.1 Å². The van der Waals surface area contributed by atoms with E-state index in [9.17, 15) is 18.0 Å². The number of hydrogen-bond donors (Lipinski definition) is 0. The number of hydrogen-bond acceptors (Lipinski definition) is 4. The van der Waals surface area contributed by atoms with Gasteiger partial charge in [-0.2, -0.15) is 13.2 Å². The molecule has 2 aliphatic heterocycles. The van der Waals surface area contributed by atoms with Gasteiger partial charge in [0.25, 0.3) is 0 Å². The summed E-state index contributed by atoms with van der Waals surface area (Å²) in [5, 5.41) is 0.